The summed E-state index contributed by atoms with van der Waals surface area (Å²) in [5.74, 6) is 0.105. The Kier molecular flexibility index (Phi) is 3.65. The minimum atomic E-state index is -0.409. The Morgan fingerprint density at radius 3 is 2.28 bits per heavy atom. The zero-order valence-corrected chi connectivity index (χ0v) is 11.2. The van der Waals surface area contributed by atoms with E-state index >= 15 is 0 Å². The highest BCUT2D eigenvalue weighted by Gasteiger charge is 2.44. The fraction of sp³-hybridized carbons (Fsp3) is 0.500. The molecule has 0 aromatic heterocycles. The summed E-state index contributed by atoms with van der Waals surface area (Å²) in [4.78, 5) is 24.4. The Balaban J connectivity index is 2.60. The lowest BCUT2D eigenvalue weighted by Gasteiger charge is -2.37. The largest absolute Gasteiger partial charge is 0.298 e. The Labute approximate surface area is 108 Å². The van der Waals surface area contributed by atoms with Gasteiger partial charge in [0.05, 0.1) is 11.8 Å². The number of carbonyl (C=O) groups excluding carboxylic acids is 2. The number of fused-ring (bicyclic) bond motifs is 1. The summed E-state index contributed by atoms with van der Waals surface area (Å²) < 4.78 is 0. The standard InChI is InChI=1S/C16H20O2/c1-3-9-16(10-4-2)13-8-6-5-7-12(13)14(17)11-15(16)18/h5-8H,3-4,9-11H2,1-2H3. The second-order valence-corrected chi connectivity index (χ2v) is 5.15. The molecule has 0 amide bonds. The number of carbonyl (C=O) groups is 2. The van der Waals surface area contributed by atoms with Crippen LogP contribution in [0.4, 0.5) is 0 Å². The van der Waals surface area contributed by atoms with Crippen molar-refractivity contribution >= 4 is 11.6 Å². The maximum Gasteiger partial charge on any atom is 0.170 e. The molecule has 0 saturated carbocycles. The zero-order chi connectivity index (χ0) is 13.2. The quantitative estimate of drug-likeness (QED) is 0.757. The lowest BCUT2D eigenvalue weighted by atomic mass is 9.64. The topological polar surface area (TPSA) is 34.1 Å². The van der Waals surface area contributed by atoms with Gasteiger partial charge in [0, 0.05) is 5.56 Å². The predicted molar refractivity (Wildman–Crippen MR) is 71.9 cm³/mol. The smallest absolute Gasteiger partial charge is 0.170 e. The fourth-order valence-electron chi connectivity index (χ4n) is 3.23. The first-order valence-electron chi connectivity index (χ1n) is 6.81. The van der Waals surface area contributed by atoms with E-state index in [1.165, 1.54) is 0 Å². The normalized spacial score (nSPS) is 17.7. The van der Waals surface area contributed by atoms with Crippen LogP contribution >= 0.6 is 0 Å². The van der Waals surface area contributed by atoms with Crippen molar-refractivity contribution in [2.24, 2.45) is 0 Å². The molecule has 0 unspecified atom stereocenters. The summed E-state index contributed by atoms with van der Waals surface area (Å²) >= 11 is 0. The van der Waals surface area contributed by atoms with Gasteiger partial charge in [-0.15, -0.1) is 0 Å². The van der Waals surface area contributed by atoms with Crippen molar-refractivity contribution in [2.45, 2.75) is 51.4 Å². The molecule has 1 aromatic carbocycles. The van der Waals surface area contributed by atoms with E-state index in [4.69, 9.17) is 0 Å². The van der Waals surface area contributed by atoms with E-state index in [0.29, 0.717) is 0 Å². The third-order valence-corrected chi connectivity index (χ3v) is 3.95. The van der Waals surface area contributed by atoms with E-state index in [1.54, 1.807) is 0 Å². The highest BCUT2D eigenvalue weighted by Crippen LogP contribution is 2.41. The molecule has 1 aliphatic rings. The molecule has 1 aliphatic carbocycles. The molecule has 0 aliphatic heterocycles. The summed E-state index contributed by atoms with van der Waals surface area (Å²) in [6.45, 7) is 4.20. The SMILES string of the molecule is CCCC1(CCC)C(=O)CC(=O)c2ccccc21. The minimum Gasteiger partial charge on any atom is -0.298 e. The first-order chi connectivity index (χ1) is 8.65. The minimum absolute atomic E-state index is 0.0153. The third-order valence-electron chi connectivity index (χ3n) is 3.95. The van der Waals surface area contributed by atoms with Crippen molar-refractivity contribution < 1.29 is 9.59 Å². The van der Waals surface area contributed by atoms with Crippen molar-refractivity contribution in [1.29, 1.82) is 0 Å². The summed E-state index contributed by atoms with van der Waals surface area (Å²) in [6, 6.07) is 7.65. The first-order valence-corrected chi connectivity index (χ1v) is 6.81. The molecule has 2 rings (SSSR count). The molecule has 0 heterocycles. The van der Waals surface area contributed by atoms with Gasteiger partial charge >= 0.3 is 0 Å². The van der Waals surface area contributed by atoms with E-state index in [1.807, 2.05) is 24.3 Å². The number of rotatable bonds is 4. The molecule has 96 valence electrons. The van der Waals surface area contributed by atoms with Crippen LogP contribution in [0.2, 0.25) is 0 Å². The molecule has 1 aromatic rings. The Morgan fingerprint density at radius 2 is 1.67 bits per heavy atom. The highest BCUT2D eigenvalue weighted by molar-refractivity contribution is 6.16. The fourth-order valence-corrected chi connectivity index (χ4v) is 3.23. The number of Topliss-reactive ketones (excluding diaryl/α,β-unsaturated/α-hetero) is 2. The molecule has 2 nitrogen and oxygen atoms in total. The predicted octanol–water partition coefficient (Wildman–Crippen LogP) is 3.68. The number of benzene rings is 1. The summed E-state index contributed by atoms with van der Waals surface area (Å²) in [6.07, 6.45) is 3.72. The molecule has 2 heteroatoms. The molecule has 0 spiro atoms. The van der Waals surface area contributed by atoms with Gasteiger partial charge in [-0.05, 0) is 18.4 Å². The maximum absolute atomic E-state index is 12.4. The highest BCUT2D eigenvalue weighted by atomic mass is 16.2. The van der Waals surface area contributed by atoms with Crippen LogP contribution in [0.25, 0.3) is 0 Å². The summed E-state index contributed by atoms with van der Waals surface area (Å²) in [5, 5.41) is 0. The molecule has 18 heavy (non-hydrogen) atoms. The van der Waals surface area contributed by atoms with Gasteiger partial charge < -0.3 is 0 Å². The Bertz CT molecular complexity index is 468. The van der Waals surface area contributed by atoms with Crippen molar-refractivity contribution in [3.63, 3.8) is 0 Å². The summed E-state index contributed by atoms with van der Waals surface area (Å²) in [5.41, 5.74) is 1.32. The van der Waals surface area contributed by atoms with Crippen LogP contribution in [0.5, 0.6) is 0 Å². The van der Waals surface area contributed by atoms with Gasteiger partial charge in [-0.2, -0.15) is 0 Å². The average Bonchev–Trinajstić information content (AvgIpc) is 2.37. The van der Waals surface area contributed by atoms with Crippen LogP contribution in [0.3, 0.4) is 0 Å². The lowest BCUT2D eigenvalue weighted by molar-refractivity contribution is -0.124. The Hall–Kier alpha value is -1.44. The molecule has 0 N–H and O–H groups in total. The van der Waals surface area contributed by atoms with Gasteiger partial charge in [-0.3, -0.25) is 9.59 Å². The molecule has 0 fully saturated rings. The van der Waals surface area contributed by atoms with Crippen LogP contribution in [0.15, 0.2) is 24.3 Å². The van der Waals surface area contributed by atoms with Crippen LogP contribution in [-0.4, -0.2) is 11.6 Å². The van der Waals surface area contributed by atoms with Gasteiger partial charge in [0.1, 0.15) is 0 Å². The second-order valence-electron chi connectivity index (χ2n) is 5.15. The maximum atomic E-state index is 12.4. The molecule has 0 bridgehead atoms. The average molecular weight is 244 g/mol. The summed E-state index contributed by atoms with van der Waals surface area (Å²) in [7, 11) is 0. The van der Waals surface area contributed by atoms with Crippen molar-refractivity contribution in [3.8, 4) is 0 Å². The van der Waals surface area contributed by atoms with Gasteiger partial charge in [0.15, 0.2) is 11.6 Å². The number of ketones is 2. The van der Waals surface area contributed by atoms with Crippen LogP contribution in [0.1, 0.15) is 61.9 Å². The van der Waals surface area contributed by atoms with Crippen LogP contribution < -0.4 is 0 Å². The monoisotopic (exact) mass is 244 g/mol. The van der Waals surface area contributed by atoms with E-state index in [9.17, 15) is 9.59 Å². The van der Waals surface area contributed by atoms with Crippen LogP contribution in [-0.2, 0) is 10.2 Å². The van der Waals surface area contributed by atoms with Crippen molar-refractivity contribution in [3.05, 3.63) is 35.4 Å². The van der Waals surface area contributed by atoms with Crippen molar-refractivity contribution in [2.75, 3.05) is 0 Å². The van der Waals surface area contributed by atoms with E-state index in [-0.39, 0.29) is 18.0 Å². The molecule has 0 radical (unpaired) electrons. The molecule has 0 saturated heterocycles. The van der Waals surface area contributed by atoms with E-state index in [2.05, 4.69) is 13.8 Å². The second kappa shape index (κ2) is 5.05. The van der Waals surface area contributed by atoms with Crippen LogP contribution in [0, 0.1) is 0 Å². The molecular weight excluding hydrogens is 224 g/mol. The lowest BCUT2D eigenvalue weighted by Crippen LogP contribution is -2.42. The Morgan fingerprint density at radius 1 is 1.06 bits per heavy atom. The van der Waals surface area contributed by atoms with Gasteiger partial charge in [0.25, 0.3) is 0 Å². The van der Waals surface area contributed by atoms with Gasteiger partial charge in [-0.25, -0.2) is 0 Å². The van der Waals surface area contributed by atoms with Gasteiger partial charge in [-0.1, -0.05) is 51.0 Å². The molecular formula is C16H20O2. The number of hydrogen-bond acceptors (Lipinski definition) is 2. The van der Waals surface area contributed by atoms with E-state index < -0.39 is 5.41 Å². The van der Waals surface area contributed by atoms with Crippen molar-refractivity contribution in [1.82, 2.24) is 0 Å². The zero-order valence-electron chi connectivity index (χ0n) is 11.2. The first kappa shape index (κ1) is 13.0. The third kappa shape index (κ3) is 1.90. The van der Waals surface area contributed by atoms with Gasteiger partial charge in [0.2, 0.25) is 0 Å². The number of hydrogen-bond donors (Lipinski definition) is 0. The van der Waals surface area contributed by atoms with E-state index in [0.717, 1.165) is 36.8 Å². The molecule has 0 atom stereocenters.